The molecule has 0 aromatic heterocycles. The fraction of sp³-hybridized carbons (Fsp3) is 0.611. The van der Waals surface area contributed by atoms with E-state index < -0.39 is 6.10 Å². The molecule has 1 saturated heterocycles. The number of likely N-dealkylation sites (tertiary alicyclic amines) is 1. The van der Waals surface area contributed by atoms with E-state index in [1.54, 1.807) is 4.90 Å². The zero-order chi connectivity index (χ0) is 16.8. The molecular weight excluding hydrogens is 292 g/mol. The summed E-state index contributed by atoms with van der Waals surface area (Å²) in [6.45, 7) is 8.26. The van der Waals surface area contributed by atoms with Gasteiger partial charge in [-0.2, -0.15) is 0 Å². The molecule has 1 heterocycles. The summed E-state index contributed by atoms with van der Waals surface area (Å²) in [5.41, 5.74) is 1.17. The van der Waals surface area contributed by atoms with Crippen molar-refractivity contribution < 1.29 is 14.6 Å². The van der Waals surface area contributed by atoms with Gasteiger partial charge in [-0.3, -0.25) is 0 Å². The highest BCUT2D eigenvalue weighted by molar-refractivity contribution is 5.74. The minimum Gasteiger partial charge on any atom is -0.491 e. The first-order chi connectivity index (χ1) is 11.0. The number of para-hydroxylation sites is 1. The lowest BCUT2D eigenvalue weighted by molar-refractivity contribution is 0.0434. The van der Waals surface area contributed by atoms with Gasteiger partial charge in [-0.1, -0.05) is 39.0 Å². The summed E-state index contributed by atoms with van der Waals surface area (Å²) in [7, 11) is 0. The average Bonchev–Trinajstić information content (AvgIpc) is 2.54. The normalized spacial score (nSPS) is 21.3. The Kier molecular flexibility index (Phi) is 6.28. The molecule has 1 aromatic carbocycles. The van der Waals surface area contributed by atoms with E-state index >= 15 is 0 Å². The third-order valence-corrected chi connectivity index (χ3v) is 4.38. The Morgan fingerprint density at radius 2 is 2.17 bits per heavy atom. The highest BCUT2D eigenvalue weighted by Gasteiger charge is 2.26. The van der Waals surface area contributed by atoms with Crippen molar-refractivity contribution in [2.75, 3.05) is 26.2 Å². The number of rotatable bonds is 5. The summed E-state index contributed by atoms with van der Waals surface area (Å²) in [6.07, 6.45) is 0.413. The Balaban J connectivity index is 1.74. The van der Waals surface area contributed by atoms with E-state index in [0.717, 1.165) is 12.2 Å². The molecule has 1 aromatic rings. The van der Waals surface area contributed by atoms with Crippen LogP contribution < -0.4 is 10.1 Å². The second kappa shape index (κ2) is 8.20. The first kappa shape index (κ1) is 17.6. The molecule has 0 radical (unpaired) electrons. The van der Waals surface area contributed by atoms with Crippen molar-refractivity contribution >= 4 is 6.03 Å². The van der Waals surface area contributed by atoms with Gasteiger partial charge in [0.1, 0.15) is 12.4 Å². The van der Waals surface area contributed by atoms with Crippen LogP contribution in [0, 0.1) is 5.92 Å². The summed E-state index contributed by atoms with van der Waals surface area (Å²) >= 11 is 0. The average molecular weight is 320 g/mol. The van der Waals surface area contributed by atoms with Crippen molar-refractivity contribution in [3.05, 3.63) is 29.8 Å². The SMILES string of the molecule is CC(C)c1ccccc1OCCNC(=O)N1CCC(C)C(O)C1. The lowest BCUT2D eigenvalue weighted by atomic mass is 9.96. The lowest BCUT2D eigenvalue weighted by Gasteiger charge is -2.34. The van der Waals surface area contributed by atoms with Crippen molar-refractivity contribution in [3.63, 3.8) is 0 Å². The second-order valence-corrected chi connectivity index (χ2v) is 6.55. The van der Waals surface area contributed by atoms with E-state index in [2.05, 4.69) is 25.2 Å². The van der Waals surface area contributed by atoms with Gasteiger partial charge in [-0.25, -0.2) is 4.79 Å². The maximum atomic E-state index is 12.1. The van der Waals surface area contributed by atoms with Gasteiger partial charge in [0, 0.05) is 13.1 Å². The van der Waals surface area contributed by atoms with Crippen molar-refractivity contribution in [2.24, 2.45) is 5.92 Å². The van der Waals surface area contributed by atoms with Crippen LogP contribution in [0.15, 0.2) is 24.3 Å². The molecule has 1 fully saturated rings. The minimum absolute atomic E-state index is 0.128. The van der Waals surface area contributed by atoms with E-state index in [9.17, 15) is 9.90 Å². The number of nitrogens with one attached hydrogen (secondary N) is 1. The van der Waals surface area contributed by atoms with E-state index in [0.29, 0.717) is 32.2 Å². The van der Waals surface area contributed by atoms with Gasteiger partial charge in [-0.05, 0) is 29.9 Å². The van der Waals surface area contributed by atoms with Crippen molar-refractivity contribution in [1.29, 1.82) is 0 Å². The van der Waals surface area contributed by atoms with Crippen LogP contribution in [-0.4, -0.2) is 48.4 Å². The Hall–Kier alpha value is -1.75. The molecule has 0 spiro atoms. The summed E-state index contributed by atoms with van der Waals surface area (Å²) in [4.78, 5) is 13.8. The Labute approximate surface area is 138 Å². The van der Waals surface area contributed by atoms with Gasteiger partial charge in [0.05, 0.1) is 12.6 Å². The Morgan fingerprint density at radius 1 is 1.43 bits per heavy atom. The molecule has 0 saturated carbocycles. The number of ether oxygens (including phenoxy) is 1. The molecule has 2 atom stereocenters. The van der Waals surface area contributed by atoms with E-state index in [4.69, 9.17) is 4.74 Å². The standard InChI is InChI=1S/C18H28N2O3/c1-13(2)15-6-4-5-7-17(15)23-11-9-19-18(22)20-10-8-14(3)16(21)12-20/h4-7,13-14,16,21H,8-12H2,1-3H3,(H,19,22). The van der Waals surface area contributed by atoms with Crippen LogP contribution in [0.5, 0.6) is 5.75 Å². The van der Waals surface area contributed by atoms with Crippen LogP contribution >= 0.6 is 0 Å². The van der Waals surface area contributed by atoms with Gasteiger partial charge in [0.25, 0.3) is 0 Å². The topological polar surface area (TPSA) is 61.8 Å². The predicted octanol–water partition coefficient (Wildman–Crippen LogP) is 2.60. The molecule has 23 heavy (non-hydrogen) atoms. The predicted molar refractivity (Wildman–Crippen MR) is 90.8 cm³/mol. The van der Waals surface area contributed by atoms with Gasteiger partial charge < -0.3 is 20.1 Å². The third kappa shape index (κ3) is 4.86. The number of urea groups is 1. The maximum absolute atomic E-state index is 12.1. The molecule has 2 amide bonds. The molecule has 0 aliphatic carbocycles. The van der Waals surface area contributed by atoms with Gasteiger partial charge >= 0.3 is 6.03 Å². The van der Waals surface area contributed by atoms with Crippen molar-refractivity contribution in [2.45, 2.75) is 39.2 Å². The quantitative estimate of drug-likeness (QED) is 0.820. The molecule has 5 heteroatoms. The van der Waals surface area contributed by atoms with Crippen LogP contribution in [0.2, 0.25) is 0 Å². The highest BCUT2D eigenvalue weighted by atomic mass is 16.5. The number of amides is 2. The number of hydrogen-bond donors (Lipinski definition) is 2. The van der Waals surface area contributed by atoms with Crippen LogP contribution in [0.1, 0.15) is 38.7 Å². The second-order valence-electron chi connectivity index (χ2n) is 6.55. The number of aliphatic hydroxyl groups excluding tert-OH is 1. The molecule has 1 aliphatic rings. The Bertz CT molecular complexity index is 519. The zero-order valence-electron chi connectivity index (χ0n) is 14.3. The van der Waals surface area contributed by atoms with E-state index in [1.165, 1.54) is 5.56 Å². The minimum atomic E-state index is -0.427. The fourth-order valence-corrected chi connectivity index (χ4v) is 2.75. The number of β-amino-alcohol motifs (C(OH)–C–C–N with tert-alkyl or cyclic N) is 1. The van der Waals surface area contributed by atoms with Crippen LogP contribution in [-0.2, 0) is 0 Å². The smallest absolute Gasteiger partial charge is 0.317 e. The largest absolute Gasteiger partial charge is 0.491 e. The van der Waals surface area contributed by atoms with Crippen molar-refractivity contribution in [1.82, 2.24) is 10.2 Å². The van der Waals surface area contributed by atoms with E-state index in [1.807, 2.05) is 25.1 Å². The molecule has 5 nitrogen and oxygen atoms in total. The highest BCUT2D eigenvalue weighted by Crippen LogP contribution is 2.25. The number of piperidine rings is 1. The molecule has 1 aliphatic heterocycles. The molecule has 2 unspecified atom stereocenters. The molecule has 0 bridgehead atoms. The number of hydrogen-bond acceptors (Lipinski definition) is 3. The third-order valence-electron chi connectivity index (χ3n) is 4.38. The number of aliphatic hydroxyl groups is 1. The maximum Gasteiger partial charge on any atom is 0.317 e. The number of carbonyl (C=O) groups is 1. The van der Waals surface area contributed by atoms with E-state index in [-0.39, 0.29) is 11.9 Å². The summed E-state index contributed by atoms with van der Waals surface area (Å²) in [6, 6.07) is 7.86. The van der Waals surface area contributed by atoms with Crippen molar-refractivity contribution in [3.8, 4) is 5.75 Å². The Morgan fingerprint density at radius 3 is 2.87 bits per heavy atom. The number of carbonyl (C=O) groups excluding carboxylic acids is 1. The monoisotopic (exact) mass is 320 g/mol. The number of nitrogens with zero attached hydrogens (tertiary/aromatic N) is 1. The lowest BCUT2D eigenvalue weighted by Crippen LogP contribution is -2.50. The van der Waals surface area contributed by atoms with Gasteiger partial charge in [-0.15, -0.1) is 0 Å². The first-order valence-corrected chi connectivity index (χ1v) is 8.41. The fourth-order valence-electron chi connectivity index (χ4n) is 2.75. The van der Waals surface area contributed by atoms with Crippen LogP contribution in [0.3, 0.4) is 0 Å². The summed E-state index contributed by atoms with van der Waals surface area (Å²) < 4.78 is 5.79. The van der Waals surface area contributed by atoms with Gasteiger partial charge in [0.15, 0.2) is 0 Å². The molecule has 2 rings (SSSR count). The molecule has 2 N–H and O–H groups in total. The van der Waals surface area contributed by atoms with Crippen LogP contribution in [0.25, 0.3) is 0 Å². The van der Waals surface area contributed by atoms with Crippen LogP contribution in [0.4, 0.5) is 4.79 Å². The molecule has 128 valence electrons. The summed E-state index contributed by atoms with van der Waals surface area (Å²) in [5, 5.41) is 12.7. The number of benzene rings is 1. The zero-order valence-corrected chi connectivity index (χ0v) is 14.3. The van der Waals surface area contributed by atoms with Gasteiger partial charge in [0.2, 0.25) is 0 Å². The summed E-state index contributed by atoms with van der Waals surface area (Å²) in [5.74, 6) is 1.53. The first-order valence-electron chi connectivity index (χ1n) is 8.41. The molecular formula is C18H28N2O3.